The Morgan fingerprint density at radius 3 is 2.67 bits per heavy atom. The number of aromatic hydroxyl groups is 1. The quantitative estimate of drug-likeness (QED) is 0.305. The topological polar surface area (TPSA) is 157 Å². The number of para-hydroxylation sites is 2. The van der Waals surface area contributed by atoms with E-state index in [1.807, 2.05) is 0 Å². The van der Waals surface area contributed by atoms with Crippen molar-refractivity contribution < 1.29 is 42.1 Å². The van der Waals surface area contributed by atoms with Crippen LogP contribution in [0.15, 0.2) is 65.6 Å². The van der Waals surface area contributed by atoms with Crippen LogP contribution in [0.25, 0.3) is 0 Å². The highest BCUT2D eigenvalue weighted by molar-refractivity contribution is 7.92. The number of anilines is 2. The molecule has 0 aliphatic carbocycles. The monoisotopic (exact) mass is 512 g/mol. The number of carbonyl (C=O) groups is 3. The summed E-state index contributed by atoms with van der Waals surface area (Å²) in [7, 11) is -2.78. The first-order chi connectivity index (χ1) is 17.2. The lowest BCUT2D eigenvalue weighted by Crippen LogP contribution is -2.25. The lowest BCUT2D eigenvalue weighted by molar-refractivity contribution is -0.118. The number of ether oxygens (including phenoxy) is 3. The summed E-state index contributed by atoms with van der Waals surface area (Å²) in [6, 6.07) is 13.7. The summed E-state index contributed by atoms with van der Waals surface area (Å²) >= 11 is 0. The van der Waals surface area contributed by atoms with Crippen LogP contribution in [-0.2, 0) is 19.6 Å². The van der Waals surface area contributed by atoms with Crippen LogP contribution in [0.4, 0.5) is 11.4 Å². The SMILES string of the molecule is COc1ccccc1NS(=O)(=O)c1ccc(O)c(C(=O)OCC(=O)c2ccc3c(c2)NC(=O)CO3)c1. The maximum Gasteiger partial charge on any atom is 0.342 e. The van der Waals surface area contributed by atoms with Gasteiger partial charge >= 0.3 is 5.97 Å². The molecule has 11 nitrogen and oxygen atoms in total. The van der Waals surface area contributed by atoms with Crippen LogP contribution >= 0.6 is 0 Å². The lowest BCUT2D eigenvalue weighted by atomic mass is 10.1. The molecule has 1 amide bonds. The molecule has 0 fully saturated rings. The Kier molecular flexibility index (Phi) is 6.79. The molecule has 0 saturated heterocycles. The zero-order valence-electron chi connectivity index (χ0n) is 18.8. The van der Waals surface area contributed by atoms with Crippen LogP contribution < -0.4 is 19.5 Å². The van der Waals surface area contributed by atoms with Gasteiger partial charge in [-0.1, -0.05) is 12.1 Å². The van der Waals surface area contributed by atoms with Crippen molar-refractivity contribution in [1.29, 1.82) is 0 Å². The Morgan fingerprint density at radius 1 is 1.11 bits per heavy atom. The summed E-state index contributed by atoms with van der Waals surface area (Å²) in [6.07, 6.45) is 0. The number of amides is 1. The molecule has 1 aliphatic rings. The molecular formula is C24H20N2O9S. The number of esters is 1. The van der Waals surface area contributed by atoms with E-state index in [2.05, 4.69) is 10.0 Å². The van der Waals surface area contributed by atoms with E-state index in [4.69, 9.17) is 14.2 Å². The normalized spacial score (nSPS) is 12.5. The van der Waals surface area contributed by atoms with Crippen LogP contribution in [0.5, 0.6) is 17.2 Å². The second-order valence-electron chi connectivity index (χ2n) is 7.53. The highest BCUT2D eigenvalue weighted by atomic mass is 32.2. The van der Waals surface area contributed by atoms with Gasteiger partial charge in [-0.3, -0.25) is 14.3 Å². The standard InChI is InChI=1S/C24H20N2O9S/c1-33-21-5-3-2-4-17(21)26-36(31,32)15-7-8-19(27)16(11-15)24(30)35-12-20(28)14-6-9-22-18(10-14)25-23(29)13-34-22/h2-11,26-27H,12-13H2,1H3,(H,25,29). The lowest BCUT2D eigenvalue weighted by Gasteiger charge is -2.18. The van der Waals surface area contributed by atoms with Gasteiger partial charge in [-0.05, 0) is 48.5 Å². The predicted molar refractivity (Wildman–Crippen MR) is 127 cm³/mol. The molecule has 1 aliphatic heterocycles. The smallest absolute Gasteiger partial charge is 0.342 e. The minimum Gasteiger partial charge on any atom is -0.507 e. The molecule has 0 radical (unpaired) electrons. The highest BCUT2D eigenvalue weighted by Gasteiger charge is 2.23. The minimum absolute atomic E-state index is 0.134. The molecule has 0 saturated carbocycles. The summed E-state index contributed by atoms with van der Waals surface area (Å²) in [6.45, 7) is -0.826. The fraction of sp³-hybridized carbons (Fsp3) is 0.125. The first-order valence-corrected chi connectivity index (χ1v) is 11.9. The molecule has 186 valence electrons. The predicted octanol–water partition coefficient (Wildman–Crippen LogP) is 2.57. The first kappa shape index (κ1) is 24.5. The van der Waals surface area contributed by atoms with Gasteiger partial charge in [-0.25, -0.2) is 13.2 Å². The van der Waals surface area contributed by atoms with Crippen molar-refractivity contribution in [3.63, 3.8) is 0 Å². The molecule has 0 spiro atoms. The van der Waals surface area contributed by atoms with Gasteiger partial charge in [0.25, 0.3) is 15.9 Å². The van der Waals surface area contributed by atoms with E-state index < -0.39 is 39.7 Å². The average molecular weight is 512 g/mol. The van der Waals surface area contributed by atoms with Crippen molar-refractivity contribution in [3.05, 3.63) is 71.8 Å². The van der Waals surface area contributed by atoms with Crippen molar-refractivity contribution in [2.75, 3.05) is 30.4 Å². The van der Waals surface area contributed by atoms with Crippen LogP contribution in [0.1, 0.15) is 20.7 Å². The van der Waals surface area contributed by atoms with Crippen LogP contribution in [0.2, 0.25) is 0 Å². The Bertz CT molecular complexity index is 1470. The number of nitrogens with one attached hydrogen (secondary N) is 2. The van der Waals surface area contributed by atoms with E-state index in [1.54, 1.807) is 18.2 Å². The highest BCUT2D eigenvalue weighted by Crippen LogP contribution is 2.30. The number of benzene rings is 3. The third-order valence-electron chi connectivity index (χ3n) is 5.12. The van der Waals surface area contributed by atoms with E-state index in [1.165, 1.54) is 31.4 Å². The summed E-state index contributed by atoms with van der Waals surface area (Å²) in [5.74, 6) is -1.92. The molecule has 4 rings (SSSR count). The van der Waals surface area contributed by atoms with Gasteiger partial charge in [0.05, 0.1) is 23.4 Å². The molecule has 1 heterocycles. The Hall–Kier alpha value is -4.58. The van der Waals surface area contributed by atoms with Gasteiger partial charge in [0, 0.05) is 5.56 Å². The van der Waals surface area contributed by atoms with Gasteiger partial charge in [-0.2, -0.15) is 0 Å². The maximum atomic E-state index is 12.9. The first-order valence-electron chi connectivity index (χ1n) is 10.4. The molecule has 36 heavy (non-hydrogen) atoms. The van der Waals surface area contributed by atoms with Crippen LogP contribution in [-0.4, -0.2) is 51.5 Å². The maximum absolute atomic E-state index is 12.9. The average Bonchev–Trinajstić information content (AvgIpc) is 2.86. The van der Waals surface area contributed by atoms with E-state index in [-0.39, 0.29) is 34.4 Å². The number of Topliss-reactive ketones (excluding diaryl/α,β-unsaturated/α-hetero) is 1. The second kappa shape index (κ2) is 9.96. The summed E-state index contributed by atoms with van der Waals surface area (Å²) in [4.78, 5) is 36.2. The van der Waals surface area contributed by atoms with E-state index in [9.17, 15) is 27.9 Å². The third kappa shape index (κ3) is 5.23. The van der Waals surface area contributed by atoms with Gasteiger partial charge in [-0.15, -0.1) is 0 Å². The number of hydrogen-bond donors (Lipinski definition) is 3. The Morgan fingerprint density at radius 2 is 1.89 bits per heavy atom. The van der Waals surface area contributed by atoms with Crippen molar-refractivity contribution >= 4 is 39.1 Å². The van der Waals surface area contributed by atoms with Crippen molar-refractivity contribution in [1.82, 2.24) is 0 Å². The molecule has 12 heteroatoms. The number of hydrogen-bond acceptors (Lipinski definition) is 9. The number of ketones is 1. The fourth-order valence-corrected chi connectivity index (χ4v) is 4.42. The molecule has 3 aromatic rings. The van der Waals surface area contributed by atoms with E-state index in [0.29, 0.717) is 11.4 Å². The fourth-order valence-electron chi connectivity index (χ4n) is 3.33. The summed E-state index contributed by atoms with van der Waals surface area (Å²) in [5, 5.41) is 12.7. The van der Waals surface area contributed by atoms with E-state index in [0.717, 1.165) is 18.2 Å². The number of sulfonamides is 1. The largest absolute Gasteiger partial charge is 0.507 e. The van der Waals surface area contributed by atoms with E-state index >= 15 is 0 Å². The zero-order chi connectivity index (χ0) is 25.9. The van der Waals surface area contributed by atoms with Gasteiger partial charge < -0.3 is 24.6 Å². The Balaban J connectivity index is 1.48. The molecule has 3 aromatic carbocycles. The number of carbonyl (C=O) groups excluding carboxylic acids is 3. The van der Waals surface area contributed by atoms with Crippen molar-refractivity contribution in [2.24, 2.45) is 0 Å². The molecular weight excluding hydrogens is 492 g/mol. The molecule has 0 unspecified atom stereocenters. The number of methoxy groups -OCH3 is 1. The van der Waals surface area contributed by atoms with Crippen LogP contribution in [0.3, 0.4) is 0 Å². The van der Waals surface area contributed by atoms with Gasteiger partial charge in [0.2, 0.25) is 0 Å². The molecule has 0 aromatic heterocycles. The van der Waals surface area contributed by atoms with Gasteiger partial charge in [0.15, 0.2) is 19.0 Å². The molecule has 0 atom stereocenters. The third-order valence-corrected chi connectivity index (χ3v) is 6.48. The number of phenols is 1. The van der Waals surface area contributed by atoms with Gasteiger partial charge in [0.1, 0.15) is 22.8 Å². The van der Waals surface area contributed by atoms with Crippen molar-refractivity contribution in [3.8, 4) is 17.2 Å². The summed E-state index contributed by atoms with van der Waals surface area (Å²) < 4.78 is 43.4. The number of rotatable bonds is 8. The number of phenolic OH excluding ortho intramolecular Hbond substituents is 1. The zero-order valence-corrected chi connectivity index (χ0v) is 19.6. The second-order valence-corrected chi connectivity index (χ2v) is 9.21. The number of fused-ring (bicyclic) bond motifs is 1. The summed E-state index contributed by atoms with van der Waals surface area (Å²) in [5.41, 5.74) is 0.182. The molecule has 0 bridgehead atoms. The van der Waals surface area contributed by atoms with Crippen LogP contribution in [0, 0.1) is 0 Å². The molecule has 3 N–H and O–H groups in total. The minimum atomic E-state index is -4.17. The Labute approximate surface area is 205 Å². The van der Waals surface area contributed by atoms with Crippen molar-refractivity contribution in [2.45, 2.75) is 4.90 Å².